The number of aromatic nitrogens is 4. The maximum absolute atomic E-state index is 12.5. The summed E-state index contributed by atoms with van der Waals surface area (Å²) >= 11 is 15.5. The van der Waals surface area contributed by atoms with Crippen molar-refractivity contribution >= 4 is 45.1 Å². The Bertz CT molecular complexity index is 1010. The van der Waals surface area contributed by atoms with E-state index in [2.05, 4.69) is 26.4 Å². The van der Waals surface area contributed by atoms with Crippen molar-refractivity contribution in [2.45, 2.75) is 6.54 Å². The lowest BCUT2D eigenvalue weighted by Gasteiger charge is -2.08. The van der Waals surface area contributed by atoms with Crippen LogP contribution in [0.5, 0.6) is 0 Å². The van der Waals surface area contributed by atoms with Crippen LogP contribution >= 0.6 is 39.1 Å². The van der Waals surface area contributed by atoms with E-state index in [4.69, 9.17) is 28.3 Å². The molecule has 7 nitrogen and oxygen atoms in total. The lowest BCUT2D eigenvalue weighted by molar-refractivity contribution is 0.0697. The average molecular weight is 444 g/mol. The second-order valence-electron chi connectivity index (χ2n) is 5.00. The SMILES string of the molecule is O=C(O)c1ccc(Cl)c(Cn2nnn(-c3ccc(Br)cc3)c2=O)c1Cl. The van der Waals surface area contributed by atoms with Crippen molar-refractivity contribution in [3.8, 4) is 5.69 Å². The van der Waals surface area contributed by atoms with Crippen LogP contribution in [0.3, 0.4) is 0 Å². The number of aromatic carboxylic acids is 1. The van der Waals surface area contributed by atoms with Crippen molar-refractivity contribution in [3.63, 3.8) is 0 Å². The van der Waals surface area contributed by atoms with E-state index in [1.54, 1.807) is 24.3 Å². The lowest BCUT2D eigenvalue weighted by Crippen LogP contribution is -2.25. The molecule has 25 heavy (non-hydrogen) atoms. The monoisotopic (exact) mass is 442 g/mol. The fourth-order valence-corrected chi connectivity index (χ4v) is 3.01. The normalized spacial score (nSPS) is 10.8. The highest BCUT2D eigenvalue weighted by atomic mass is 79.9. The molecule has 0 bridgehead atoms. The van der Waals surface area contributed by atoms with E-state index in [-0.39, 0.29) is 27.7 Å². The standard InChI is InChI=1S/C15H9BrCl2N4O3/c16-8-1-3-9(4-2-8)22-15(25)21(19-20-22)7-11-12(17)6-5-10(13(11)18)14(23)24/h1-6H,7H2,(H,23,24). The Morgan fingerprint density at radius 2 is 1.80 bits per heavy atom. The van der Waals surface area contributed by atoms with Gasteiger partial charge in [-0.1, -0.05) is 39.1 Å². The van der Waals surface area contributed by atoms with E-state index in [0.29, 0.717) is 5.69 Å². The number of carboxylic acids is 1. The second kappa shape index (κ2) is 6.99. The zero-order valence-electron chi connectivity index (χ0n) is 12.4. The van der Waals surface area contributed by atoms with Gasteiger partial charge in [0, 0.05) is 15.1 Å². The molecule has 10 heteroatoms. The topological polar surface area (TPSA) is 90.0 Å². The first-order valence-corrected chi connectivity index (χ1v) is 8.42. The number of tetrazole rings is 1. The van der Waals surface area contributed by atoms with Crippen LogP contribution in [0.4, 0.5) is 0 Å². The first-order chi connectivity index (χ1) is 11.9. The van der Waals surface area contributed by atoms with Gasteiger partial charge in [0.2, 0.25) is 0 Å². The number of halogens is 3. The summed E-state index contributed by atoms with van der Waals surface area (Å²) in [6.45, 7) is -0.103. The fraction of sp³-hybridized carbons (Fsp3) is 0.0667. The highest BCUT2D eigenvalue weighted by Gasteiger charge is 2.18. The van der Waals surface area contributed by atoms with Crippen LogP contribution in [-0.2, 0) is 6.54 Å². The Kier molecular flexibility index (Phi) is 4.94. The molecular weight excluding hydrogens is 435 g/mol. The first-order valence-electron chi connectivity index (χ1n) is 6.87. The Hall–Kier alpha value is -2.16. The zero-order valence-corrected chi connectivity index (χ0v) is 15.5. The number of carbonyl (C=O) groups is 1. The number of carboxylic acid groups (broad SMARTS) is 1. The molecule has 0 aliphatic rings. The van der Waals surface area contributed by atoms with Gasteiger partial charge in [0.25, 0.3) is 0 Å². The van der Waals surface area contributed by atoms with Crippen LogP contribution in [0.2, 0.25) is 10.0 Å². The summed E-state index contributed by atoms with van der Waals surface area (Å²) in [6, 6.07) is 9.66. The summed E-state index contributed by atoms with van der Waals surface area (Å²) in [6.07, 6.45) is 0. The van der Waals surface area contributed by atoms with Crippen LogP contribution in [-0.4, -0.2) is 30.9 Å². The third-order valence-corrected chi connectivity index (χ3v) is 4.75. The molecule has 0 fully saturated rings. The fourth-order valence-electron chi connectivity index (χ4n) is 2.18. The van der Waals surface area contributed by atoms with Crippen molar-refractivity contribution in [1.29, 1.82) is 0 Å². The molecule has 1 N–H and O–H groups in total. The molecule has 2 aromatic carbocycles. The first kappa shape index (κ1) is 17.7. The van der Waals surface area contributed by atoms with Crippen molar-refractivity contribution in [3.05, 3.63) is 72.5 Å². The minimum Gasteiger partial charge on any atom is -0.478 e. The molecule has 0 unspecified atom stereocenters. The van der Waals surface area contributed by atoms with Crippen molar-refractivity contribution in [1.82, 2.24) is 19.8 Å². The predicted molar refractivity (Wildman–Crippen MR) is 95.8 cm³/mol. The van der Waals surface area contributed by atoms with Gasteiger partial charge in [-0.15, -0.1) is 0 Å². The predicted octanol–water partition coefficient (Wildman–Crippen LogP) is 3.24. The van der Waals surface area contributed by atoms with E-state index in [0.717, 1.165) is 13.8 Å². The molecular formula is C15H9BrCl2N4O3. The molecule has 0 amide bonds. The lowest BCUT2D eigenvalue weighted by atomic mass is 10.1. The van der Waals surface area contributed by atoms with E-state index >= 15 is 0 Å². The van der Waals surface area contributed by atoms with E-state index in [1.807, 2.05) is 0 Å². The van der Waals surface area contributed by atoms with Crippen molar-refractivity contribution in [2.24, 2.45) is 0 Å². The van der Waals surface area contributed by atoms with Gasteiger partial charge in [-0.25, -0.2) is 9.59 Å². The Morgan fingerprint density at radius 3 is 2.44 bits per heavy atom. The van der Waals surface area contributed by atoms with Crippen molar-refractivity contribution in [2.75, 3.05) is 0 Å². The van der Waals surface area contributed by atoms with Gasteiger partial charge in [-0.05, 0) is 46.8 Å². The van der Waals surface area contributed by atoms with Gasteiger partial charge in [0.05, 0.1) is 22.8 Å². The van der Waals surface area contributed by atoms with Crippen molar-refractivity contribution < 1.29 is 9.90 Å². The van der Waals surface area contributed by atoms with Crippen LogP contribution in [0.1, 0.15) is 15.9 Å². The van der Waals surface area contributed by atoms with Gasteiger partial charge in [-0.3, -0.25) is 0 Å². The molecule has 0 atom stereocenters. The average Bonchev–Trinajstić information content (AvgIpc) is 2.92. The minimum absolute atomic E-state index is 0.0370. The minimum atomic E-state index is -1.19. The van der Waals surface area contributed by atoms with Gasteiger partial charge >= 0.3 is 11.7 Å². The molecule has 0 radical (unpaired) electrons. The molecule has 3 aromatic rings. The summed E-state index contributed by atoms with van der Waals surface area (Å²) in [4.78, 5) is 23.7. The molecule has 128 valence electrons. The van der Waals surface area contributed by atoms with Crippen LogP contribution in [0.25, 0.3) is 5.69 Å². The summed E-state index contributed by atoms with van der Waals surface area (Å²) in [5.74, 6) is -1.19. The number of hydrogen-bond acceptors (Lipinski definition) is 4. The van der Waals surface area contributed by atoms with Gasteiger partial charge in [0.1, 0.15) is 0 Å². The molecule has 1 aromatic heterocycles. The number of nitrogens with zero attached hydrogens (tertiary/aromatic N) is 4. The Morgan fingerprint density at radius 1 is 1.12 bits per heavy atom. The quantitative estimate of drug-likeness (QED) is 0.668. The highest BCUT2D eigenvalue weighted by Crippen LogP contribution is 2.28. The summed E-state index contributed by atoms with van der Waals surface area (Å²) in [7, 11) is 0. The third kappa shape index (κ3) is 3.46. The molecule has 0 aliphatic carbocycles. The molecule has 3 rings (SSSR count). The van der Waals surface area contributed by atoms with Crippen LogP contribution in [0, 0.1) is 0 Å². The number of rotatable bonds is 4. The summed E-state index contributed by atoms with van der Waals surface area (Å²) in [5.41, 5.74) is 0.216. The Labute approximate surface area is 159 Å². The van der Waals surface area contributed by atoms with E-state index < -0.39 is 11.7 Å². The molecule has 0 spiro atoms. The molecule has 0 saturated carbocycles. The molecule has 0 aliphatic heterocycles. The molecule has 0 saturated heterocycles. The van der Waals surface area contributed by atoms with Crippen LogP contribution in [0.15, 0.2) is 45.7 Å². The summed E-state index contributed by atoms with van der Waals surface area (Å²) < 4.78 is 3.04. The second-order valence-corrected chi connectivity index (χ2v) is 6.70. The third-order valence-electron chi connectivity index (χ3n) is 3.43. The number of hydrogen-bond donors (Lipinski definition) is 1. The van der Waals surface area contributed by atoms with Gasteiger partial charge in [0.15, 0.2) is 0 Å². The van der Waals surface area contributed by atoms with E-state index in [1.165, 1.54) is 12.1 Å². The van der Waals surface area contributed by atoms with Gasteiger partial charge in [-0.2, -0.15) is 9.36 Å². The maximum atomic E-state index is 12.5. The smallest absolute Gasteiger partial charge is 0.368 e. The Balaban J connectivity index is 2.01. The largest absolute Gasteiger partial charge is 0.478 e. The van der Waals surface area contributed by atoms with Gasteiger partial charge < -0.3 is 5.11 Å². The summed E-state index contributed by atoms with van der Waals surface area (Å²) in [5, 5.41) is 17.0. The number of benzene rings is 2. The molecule has 1 heterocycles. The van der Waals surface area contributed by atoms with E-state index in [9.17, 15) is 9.59 Å². The van der Waals surface area contributed by atoms with Crippen LogP contribution < -0.4 is 5.69 Å². The maximum Gasteiger partial charge on any atom is 0.368 e. The zero-order chi connectivity index (χ0) is 18.1. The highest BCUT2D eigenvalue weighted by molar-refractivity contribution is 9.10.